The lowest BCUT2D eigenvalue weighted by Gasteiger charge is -2.05. The van der Waals surface area contributed by atoms with E-state index in [2.05, 4.69) is 23.2 Å². The Morgan fingerprint density at radius 3 is 2.71 bits per heavy atom. The van der Waals surface area contributed by atoms with Gasteiger partial charge in [-0.05, 0) is 36.1 Å². The molecule has 0 amide bonds. The van der Waals surface area contributed by atoms with E-state index in [-0.39, 0.29) is 0 Å². The minimum Gasteiger partial charge on any atom is -0.227 e. The maximum Gasteiger partial charge on any atom is 0.171 e. The number of halogens is 1. The van der Waals surface area contributed by atoms with Crippen LogP contribution in [0.25, 0.3) is 31.7 Å². The minimum atomic E-state index is 0.510. The molecule has 102 valence electrons. The summed E-state index contributed by atoms with van der Waals surface area (Å²) in [6.45, 7) is 2.04. The molecule has 0 aliphatic rings. The number of benzene rings is 2. The Labute approximate surface area is 131 Å². The molecule has 0 fully saturated rings. The fourth-order valence-corrected chi connectivity index (χ4v) is 3.69. The lowest BCUT2D eigenvalue weighted by atomic mass is 10.1. The van der Waals surface area contributed by atoms with Crippen LogP contribution in [-0.4, -0.2) is 9.97 Å². The first-order valence-corrected chi connectivity index (χ1v) is 7.83. The van der Waals surface area contributed by atoms with Crippen LogP contribution >= 0.6 is 22.9 Å². The summed E-state index contributed by atoms with van der Waals surface area (Å²) in [7, 11) is 0. The monoisotopic (exact) mass is 310 g/mol. The van der Waals surface area contributed by atoms with E-state index in [4.69, 9.17) is 16.6 Å². The van der Waals surface area contributed by atoms with Crippen molar-refractivity contribution in [3.05, 3.63) is 59.2 Å². The van der Waals surface area contributed by atoms with Gasteiger partial charge in [0.15, 0.2) is 5.82 Å². The first-order valence-electron chi connectivity index (χ1n) is 6.64. The molecular formula is C17H11ClN2S. The third kappa shape index (κ3) is 2.09. The predicted molar refractivity (Wildman–Crippen MR) is 90.1 cm³/mol. The quantitative estimate of drug-likeness (QED) is 0.435. The van der Waals surface area contributed by atoms with Gasteiger partial charge in [-0.1, -0.05) is 41.9 Å². The summed E-state index contributed by atoms with van der Waals surface area (Å²) in [6.07, 6.45) is 0. The molecule has 0 unspecified atom stereocenters. The first-order chi connectivity index (χ1) is 10.2. The van der Waals surface area contributed by atoms with Crippen molar-refractivity contribution in [2.45, 2.75) is 6.92 Å². The van der Waals surface area contributed by atoms with Crippen LogP contribution < -0.4 is 0 Å². The topological polar surface area (TPSA) is 25.8 Å². The van der Waals surface area contributed by atoms with E-state index in [1.54, 1.807) is 11.3 Å². The normalized spacial score (nSPS) is 11.3. The summed E-state index contributed by atoms with van der Waals surface area (Å²) >= 11 is 8.03. The van der Waals surface area contributed by atoms with Crippen molar-refractivity contribution in [1.29, 1.82) is 0 Å². The number of fused-ring (bicyclic) bond motifs is 2. The minimum absolute atomic E-state index is 0.510. The maximum atomic E-state index is 6.34. The molecule has 0 spiro atoms. The van der Waals surface area contributed by atoms with Gasteiger partial charge in [-0.2, -0.15) is 0 Å². The Balaban J connectivity index is 1.99. The number of para-hydroxylation sites is 1. The van der Waals surface area contributed by atoms with Crippen molar-refractivity contribution in [2.24, 2.45) is 0 Å². The first kappa shape index (κ1) is 12.7. The molecule has 0 saturated heterocycles. The van der Waals surface area contributed by atoms with Gasteiger partial charge in [0.1, 0.15) is 5.15 Å². The van der Waals surface area contributed by atoms with Gasteiger partial charge in [-0.15, -0.1) is 11.3 Å². The van der Waals surface area contributed by atoms with Gasteiger partial charge < -0.3 is 0 Å². The number of aryl methyl sites for hydroxylation is 1. The largest absolute Gasteiger partial charge is 0.227 e. The van der Waals surface area contributed by atoms with Crippen LogP contribution in [0.5, 0.6) is 0 Å². The SMILES string of the molecule is Cc1cccc2c(Cl)nc(-c3cc4ccccc4s3)nc12. The highest BCUT2D eigenvalue weighted by Gasteiger charge is 2.11. The van der Waals surface area contributed by atoms with E-state index in [1.807, 2.05) is 37.3 Å². The van der Waals surface area contributed by atoms with Gasteiger partial charge >= 0.3 is 0 Å². The van der Waals surface area contributed by atoms with E-state index in [9.17, 15) is 0 Å². The lowest BCUT2D eigenvalue weighted by Crippen LogP contribution is -1.92. The van der Waals surface area contributed by atoms with Crippen molar-refractivity contribution in [2.75, 3.05) is 0 Å². The molecule has 0 N–H and O–H groups in total. The van der Waals surface area contributed by atoms with Crippen LogP contribution in [0.4, 0.5) is 0 Å². The molecule has 4 aromatic rings. The maximum absolute atomic E-state index is 6.34. The zero-order valence-corrected chi connectivity index (χ0v) is 12.9. The summed E-state index contributed by atoms with van der Waals surface area (Å²) in [4.78, 5) is 10.2. The zero-order chi connectivity index (χ0) is 14.4. The van der Waals surface area contributed by atoms with E-state index in [0.29, 0.717) is 11.0 Å². The van der Waals surface area contributed by atoms with E-state index in [0.717, 1.165) is 21.3 Å². The van der Waals surface area contributed by atoms with Gasteiger partial charge in [-0.25, -0.2) is 9.97 Å². The Bertz CT molecular complexity index is 942. The average Bonchev–Trinajstić information content (AvgIpc) is 2.92. The van der Waals surface area contributed by atoms with E-state index >= 15 is 0 Å². The van der Waals surface area contributed by atoms with Crippen molar-refractivity contribution >= 4 is 43.9 Å². The van der Waals surface area contributed by atoms with Crippen LogP contribution in [-0.2, 0) is 0 Å². The number of nitrogens with zero attached hydrogens (tertiary/aromatic N) is 2. The molecule has 0 aliphatic heterocycles. The molecule has 4 heteroatoms. The van der Waals surface area contributed by atoms with Crippen LogP contribution in [0.15, 0.2) is 48.5 Å². The van der Waals surface area contributed by atoms with E-state index in [1.165, 1.54) is 10.1 Å². The summed E-state index contributed by atoms with van der Waals surface area (Å²) in [6, 6.07) is 16.4. The third-order valence-corrected chi connectivity index (χ3v) is 4.93. The molecule has 4 rings (SSSR count). The van der Waals surface area contributed by atoms with Crippen molar-refractivity contribution in [3.63, 3.8) is 0 Å². The second-order valence-electron chi connectivity index (χ2n) is 4.96. The van der Waals surface area contributed by atoms with Gasteiger partial charge in [0.2, 0.25) is 0 Å². The molecule has 2 aromatic heterocycles. The average molecular weight is 311 g/mol. The molecule has 0 aliphatic carbocycles. The van der Waals surface area contributed by atoms with Crippen LogP contribution in [0, 0.1) is 6.92 Å². The molecule has 0 radical (unpaired) electrons. The molecular weight excluding hydrogens is 300 g/mol. The molecule has 2 aromatic carbocycles. The predicted octanol–water partition coefficient (Wildman–Crippen LogP) is 5.47. The summed E-state index contributed by atoms with van der Waals surface area (Å²) in [5.74, 6) is 0.697. The highest BCUT2D eigenvalue weighted by atomic mass is 35.5. The number of hydrogen-bond acceptors (Lipinski definition) is 3. The Hall–Kier alpha value is -1.97. The zero-order valence-electron chi connectivity index (χ0n) is 11.3. The molecule has 2 nitrogen and oxygen atoms in total. The Morgan fingerprint density at radius 1 is 1.00 bits per heavy atom. The smallest absolute Gasteiger partial charge is 0.171 e. The summed E-state index contributed by atoms with van der Waals surface area (Å²) in [5, 5.41) is 2.62. The van der Waals surface area contributed by atoms with E-state index < -0.39 is 0 Å². The second kappa shape index (κ2) is 4.79. The number of hydrogen-bond donors (Lipinski definition) is 0. The summed E-state index contributed by atoms with van der Waals surface area (Å²) < 4.78 is 1.23. The fraction of sp³-hybridized carbons (Fsp3) is 0.0588. The van der Waals surface area contributed by atoms with Crippen LogP contribution in [0.1, 0.15) is 5.56 Å². The summed E-state index contributed by atoms with van der Waals surface area (Å²) in [5.41, 5.74) is 2.03. The highest BCUT2D eigenvalue weighted by molar-refractivity contribution is 7.22. The van der Waals surface area contributed by atoms with Crippen molar-refractivity contribution < 1.29 is 0 Å². The van der Waals surface area contributed by atoms with Gasteiger partial charge in [0, 0.05) is 10.1 Å². The van der Waals surface area contributed by atoms with Gasteiger partial charge in [0.05, 0.1) is 10.4 Å². The number of aromatic nitrogens is 2. The van der Waals surface area contributed by atoms with Crippen molar-refractivity contribution in [1.82, 2.24) is 9.97 Å². The third-order valence-electron chi connectivity index (χ3n) is 3.53. The number of thiophene rings is 1. The molecule has 21 heavy (non-hydrogen) atoms. The van der Waals surface area contributed by atoms with Crippen molar-refractivity contribution in [3.8, 4) is 10.7 Å². The molecule has 0 atom stereocenters. The standard InChI is InChI=1S/C17H11ClN2S/c1-10-5-4-7-12-15(10)19-17(20-16(12)18)14-9-11-6-2-3-8-13(11)21-14/h2-9H,1H3. The van der Waals surface area contributed by atoms with Crippen LogP contribution in [0.3, 0.4) is 0 Å². The lowest BCUT2D eigenvalue weighted by molar-refractivity contribution is 1.23. The van der Waals surface area contributed by atoms with Gasteiger partial charge in [0.25, 0.3) is 0 Å². The molecule has 0 saturated carbocycles. The molecule has 2 heterocycles. The Kier molecular flexibility index (Phi) is 2.91. The second-order valence-corrected chi connectivity index (χ2v) is 6.40. The Morgan fingerprint density at radius 2 is 1.86 bits per heavy atom. The molecule has 0 bridgehead atoms. The highest BCUT2D eigenvalue weighted by Crippen LogP contribution is 2.33. The number of rotatable bonds is 1. The van der Waals surface area contributed by atoms with Gasteiger partial charge in [-0.3, -0.25) is 0 Å². The fourth-order valence-electron chi connectivity index (χ4n) is 2.46. The van der Waals surface area contributed by atoms with Crippen LogP contribution in [0.2, 0.25) is 5.15 Å².